The summed E-state index contributed by atoms with van der Waals surface area (Å²) in [5.41, 5.74) is 0.425. The second kappa shape index (κ2) is 8.86. The third kappa shape index (κ3) is 4.92. The lowest BCUT2D eigenvalue weighted by atomic mass is 10.0. The Hall–Kier alpha value is -1.63. The first-order valence-corrected chi connectivity index (χ1v) is 7.24. The van der Waals surface area contributed by atoms with Crippen molar-refractivity contribution in [1.82, 2.24) is 25.4 Å². The fourth-order valence-corrected chi connectivity index (χ4v) is 2.60. The summed E-state index contributed by atoms with van der Waals surface area (Å²) in [5, 5.41) is 10.6. The molecule has 1 saturated heterocycles. The summed E-state index contributed by atoms with van der Waals surface area (Å²) in [6.45, 7) is 3.07. The van der Waals surface area contributed by atoms with Crippen LogP contribution in [-0.4, -0.2) is 39.3 Å². The molecule has 2 N–H and O–H groups in total. The average Bonchev–Trinajstić information content (AvgIpc) is 3.02. The molecule has 126 valence electrons. The second-order valence-corrected chi connectivity index (χ2v) is 5.38. The van der Waals surface area contributed by atoms with Gasteiger partial charge in [-0.3, -0.25) is 4.79 Å². The van der Waals surface area contributed by atoms with E-state index in [-0.39, 0.29) is 36.8 Å². The SMILES string of the molecule is CC1CC(NC(=O)c2cccc(-n3cccn3)n2)CCN1.Cl.Cl. The molecule has 2 aromatic rings. The van der Waals surface area contributed by atoms with Crippen LogP contribution in [0.3, 0.4) is 0 Å². The number of carbonyl (C=O) groups is 1. The number of amides is 1. The maximum atomic E-state index is 12.3. The summed E-state index contributed by atoms with van der Waals surface area (Å²) >= 11 is 0. The predicted molar refractivity (Wildman–Crippen MR) is 93.8 cm³/mol. The van der Waals surface area contributed by atoms with Gasteiger partial charge in [-0.05, 0) is 44.5 Å². The van der Waals surface area contributed by atoms with Gasteiger partial charge in [0.05, 0.1) is 0 Å². The van der Waals surface area contributed by atoms with Gasteiger partial charge in [-0.25, -0.2) is 9.67 Å². The molecule has 1 fully saturated rings. The number of carbonyl (C=O) groups excluding carboxylic acids is 1. The van der Waals surface area contributed by atoms with E-state index in [9.17, 15) is 4.79 Å². The van der Waals surface area contributed by atoms with Gasteiger partial charge in [0.25, 0.3) is 5.91 Å². The molecular formula is C15H21Cl2N5O. The van der Waals surface area contributed by atoms with Crippen LogP contribution >= 0.6 is 24.8 Å². The van der Waals surface area contributed by atoms with Crippen molar-refractivity contribution >= 4 is 30.7 Å². The largest absolute Gasteiger partial charge is 0.348 e. The van der Waals surface area contributed by atoms with Crippen molar-refractivity contribution in [2.24, 2.45) is 0 Å². The number of rotatable bonds is 3. The van der Waals surface area contributed by atoms with Gasteiger partial charge >= 0.3 is 0 Å². The molecule has 1 aliphatic rings. The number of piperidine rings is 1. The predicted octanol–water partition coefficient (Wildman–Crippen LogP) is 1.98. The first-order valence-electron chi connectivity index (χ1n) is 7.24. The van der Waals surface area contributed by atoms with Crippen molar-refractivity contribution in [2.45, 2.75) is 31.8 Å². The Kier molecular flexibility index (Phi) is 7.48. The highest BCUT2D eigenvalue weighted by Crippen LogP contribution is 2.10. The molecule has 0 spiro atoms. The highest BCUT2D eigenvalue weighted by Gasteiger charge is 2.21. The Morgan fingerprint density at radius 2 is 2.17 bits per heavy atom. The molecule has 0 aromatic carbocycles. The molecule has 3 rings (SSSR count). The molecule has 0 saturated carbocycles. The Balaban J connectivity index is 0.00000132. The Bertz CT molecular complexity index is 620. The minimum absolute atomic E-state index is 0. The minimum atomic E-state index is -0.122. The number of pyridine rings is 1. The van der Waals surface area contributed by atoms with Crippen molar-refractivity contribution in [3.05, 3.63) is 42.4 Å². The fraction of sp³-hybridized carbons (Fsp3) is 0.400. The van der Waals surface area contributed by atoms with E-state index in [0.29, 0.717) is 17.6 Å². The average molecular weight is 358 g/mol. The van der Waals surface area contributed by atoms with Crippen LogP contribution in [-0.2, 0) is 0 Å². The van der Waals surface area contributed by atoms with Crippen LogP contribution in [0.2, 0.25) is 0 Å². The monoisotopic (exact) mass is 357 g/mol. The van der Waals surface area contributed by atoms with Crippen LogP contribution < -0.4 is 10.6 Å². The number of halogens is 2. The van der Waals surface area contributed by atoms with E-state index in [1.807, 2.05) is 18.2 Å². The molecule has 2 aromatic heterocycles. The molecule has 3 heterocycles. The van der Waals surface area contributed by atoms with Gasteiger partial charge in [0.15, 0.2) is 5.82 Å². The molecule has 1 amide bonds. The van der Waals surface area contributed by atoms with E-state index in [0.717, 1.165) is 19.4 Å². The molecular weight excluding hydrogens is 337 g/mol. The summed E-state index contributed by atoms with van der Waals surface area (Å²) in [6.07, 6.45) is 5.39. The third-order valence-corrected chi connectivity index (χ3v) is 3.67. The normalized spacial score (nSPS) is 20.0. The van der Waals surface area contributed by atoms with Crippen molar-refractivity contribution in [2.75, 3.05) is 6.54 Å². The first kappa shape index (κ1) is 19.4. The number of hydrogen-bond donors (Lipinski definition) is 2. The first-order chi connectivity index (χ1) is 10.2. The molecule has 2 unspecified atom stereocenters. The molecule has 6 nitrogen and oxygen atoms in total. The van der Waals surface area contributed by atoms with Crippen LogP contribution in [0, 0.1) is 0 Å². The van der Waals surface area contributed by atoms with Crippen LogP contribution in [0.4, 0.5) is 0 Å². The van der Waals surface area contributed by atoms with Crippen molar-refractivity contribution in [3.63, 3.8) is 0 Å². The van der Waals surface area contributed by atoms with Crippen LogP contribution in [0.15, 0.2) is 36.7 Å². The van der Waals surface area contributed by atoms with E-state index in [1.165, 1.54) is 0 Å². The molecule has 1 aliphatic heterocycles. The zero-order valence-electron chi connectivity index (χ0n) is 12.8. The summed E-state index contributed by atoms with van der Waals surface area (Å²) in [4.78, 5) is 16.7. The van der Waals surface area contributed by atoms with Gasteiger partial charge < -0.3 is 10.6 Å². The number of aromatic nitrogens is 3. The van der Waals surface area contributed by atoms with Gasteiger partial charge in [0.1, 0.15) is 5.69 Å². The van der Waals surface area contributed by atoms with E-state index < -0.39 is 0 Å². The molecule has 0 aliphatic carbocycles. The molecule has 0 radical (unpaired) electrons. The lowest BCUT2D eigenvalue weighted by Gasteiger charge is -2.28. The van der Waals surface area contributed by atoms with Gasteiger partial charge in [0.2, 0.25) is 0 Å². The van der Waals surface area contributed by atoms with Crippen LogP contribution in [0.25, 0.3) is 5.82 Å². The van der Waals surface area contributed by atoms with E-state index in [1.54, 1.807) is 23.1 Å². The number of nitrogens with zero attached hydrogens (tertiary/aromatic N) is 3. The second-order valence-electron chi connectivity index (χ2n) is 5.38. The highest BCUT2D eigenvalue weighted by molar-refractivity contribution is 5.92. The molecule has 8 heteroatoms. The van der Waals surface area contributed by atoms with E-state index in [2.05, 4.69) is 27.6 Å². The molecule has 2 atom stereocenters. The van der Waals surface area contributed by atoms with Crippen molar-refractivity contribution in [1.29, 1.82) is 0 Å². The topological polar surface area (TPSA) is 71.8 Å². The zero-order valence-corrected chi connectivity index (χ0v) is 14.4. The van der Waals surface area contributed by atoms with Gasteiger partial charge in [0, 0.05) is 24.5 Å². The standard InChI is InChI=1S/C15H19N5O.2ClH/c1-11-10-12(6-8-16-11)18-15(21)13-4-2-5-14(19-13)20-9-3-7-17-20;;/h2-5,7,9,11-12,16H,6,8,10H2,1H3,(H,18,21);2*1H. The van der Waals surface area contributed by atoms with Crippen LogP contribution in [0.5, 0.6) is 0 Å². The Labute approximate surface area is 147 Å². The van der Waals surface area contributed by atoms with E-state index >= 15 is 0 Å². The van der Waals surface area contributed by atoms with Crippen LogP contribution in [0.1, 0.15) is 30.3 Å². The van der Waals surface area contributed by atoms with Crippen molar-refractivity contribution < 1.29 is 4.79 Å². The lowest BCUT2D eigenvalue weighted by molar-refractivity contribution is 0.0920. The number of nitrogens with one attached hydrogen (secondary N) is 2. The summed E-state index contributed by atoms with van der Waals surface area (Å²) in [5.74, 6) is 0.523. The maximum Gasteiger partial charge on any atom is 0.270 e. The Morgan fingerprint density at radius 3 is 2.87 bits per heavy atom. The quantitative estimate of drug-likeness (QED) is 0.880. The highest BCUT2D eigenvalue weighted by atomic mass is 35.5. The Morgan fingerprint density at radius 1 is 1.35 bits per heavy atom. The maximum absolute atomic E-state index is 12.3. The molecule has 0 bridgehead atoms. The summed E-state index contributed by atoms with van der Waals surface area (Å²) < 4.78 is 1.64. The van der Waals surface area contributed by atoms with Crippen molar-refractivity contribution in [3.8, 4) is 5.82 Å². The fourth-order valence-electron chi connectivity index (χ4n) is 2.60. The summed E-state index contributed by atoms with van der Waals surface area (Å²) in [7, 11) is 0. The van der Waals surface area contributed by atoms with Gasteiger partial charge in [-0.2, -0.15) is 5.10 Å². The lowest BCUT2D eigenvalue weighted by Crippen LogP contribution is -2.46. The van der Waals surface area contributed by atoms with Gasteiger partial charge in [-0.1, -0.05) is 6.07 Å². The summed E-state index contributed by atoms with van der Waals surface area (Å²) in [6, 6.07) is 7.86. The number of hydrogen-bond acceptors (Lipinski definition) is 4. The van der Waals surface area contributed by atoms with Gasteiger partial charge in [-0.15, -0.1) is 24.8 Å². The third-order valence-electron chi connectivity index (χ3n) is 3.67. The molecule has 23 heavy (non-hydrogen) atoms. The minimum Gasteiger partial charge on any atom is -0.348 e. The zero-order chi connectivity index (χ0) is 14.7. The van der Waals surface area contributed by atoms with E-state index in [4.69, 9.17) is 0 Å². The smallest absolute Gasteiger partial charge is 0.270 e.